The second kappa shape index (κ2) is 7.59. The summed E-state index contributed by atoms with van der Waals surface area (Å²) in [6, 6.07) is 3.04. The molecule has 0 radical (unpaired) electrons. The number of anilines is 1. The minimum Gasteiger partial charge on any atom is -0.544 e. The predicted octanol–water partition coefficient (Wildman–Crippen LogP) is -0.192. The van der Waals surface area contributed by atoms with Gasteiger partial charge in [-0.05, 0) is 38.0 Å². The Balaban J connectivity index is 2.77. The molecule has 3 N–H and O–H groups in total. The summed E-state index contributed by atoms with van der Waals surface area (Å²) in [5, 5.41) is 15.3. The molecule has 1 aromatic carbocycles. The number of nitrogens with one attached hydrogen (secondary N) is 1. The molecule has 114 valence electrons. The molecule has 0 saturated heterocycles. The molecular formula is C16H22N2O3. The Kier molecular flexibility index (Phi) is 6.11. The van der Waals surface area contributed by atoms with Gasteiger partial charge in [0, 0.05) is 5.69 Å². The molecule has 0 spiro atoms. The molecule has 0 saturated carbocycles. The zero-order valence-electron chi connectivity index (χ0n) is 12.7. The highest BCUT2D eigenvalue weighted by Crippen LogP contribution is 2.22. The summed E-state index contributed by atoms with van der Waals surface area (Å²) >= 11 is 0. The maximum absolute atomic E-state index is 12.0. The fraction of sp³-hybridized carbons (Fsp3) is 0.375. The third-order valence-electron chi connectivity index (χ3n) is 3.24. The topological polar surface area (TPSA) is 85.8 Å². The number of amides is 1. The van der Waals surface area contributed by atoms with Gasteiger partial charge in [0.1, 0.15) is 6.04 Å². The third kappa shape index (κ3) is 5.04. The SMILES string of the molecule is C=CC[NH2+][C@H](CC(=O)Nc1c(C)cc(C)cc1C)C(=O)[O-]. The zero-order valence-corrected chi connectivity index (χ0v) is 12.7. The number of aryl methyl sites for hydroxylation is 3. The first-order chi connectivity index (χ1) is 9.85. The molecule has 0 heterocycles. The van der Waals surface area contributed by atoms with Crippen molar-refractivity contribution in [2.75, 3.05) is 11.9 Å². The summed E-state index contributed by atoms with van der Waals surface area (Å²) in [5.41, 5.74) is 3.78. The van der Waals surface area contributed by atoms with E-state index in [0.717, 1.165) is 22.4 Å². The van der Waals surface area contributed by atoms with Crippen molar-refractivity contribution in [1.82, 2.24) is 0 Å². The van der Waals surface area contributed by atoms with Gasteiger partial charge in [-0.3, -0.25) is 4.79 Å². The van der Waals surface area contributed by atoms with Crippen molar-refractivity contribution in [3.63, 3.8) is 0 Å². The van der Waals surface area contributed by atoms with Gasteiger partial charge in [-0.15, -0.1) is 0 Å². The summed E-state index contributed by atoms with van der Waals surface area (Å²) in [6.07, 6.45) is 1.45. The number of carbonyl (C=O) groups excluding carboxylic acids is 2. The minimum atomic E-state index is -1.25. The first-order valence-electron chi connectivity index (χ1n) is 6.88. The third-order valence-corrected chi connectivity index (χ3v) is 3.24. The molecule has 0 bridgehead atoms. The Hall–Kier alpha value is -2.14. The van der Waals surface area contributed by atoms with Gasteiger partial charge in [0.15, 0.2) is 0 Å². The Morgan fingerprint density at radius 1 is 1.33 bits per heavy atom. The van der Waals surface area contributed by atoms with Crippen LogP contribution in [0.3, 0.4) is 0 Å². The van der Waals surface area contributed by atoms with Crippen molar-refractivity contribution >= 4 is 17.6 Å². The van der Waals surface area contributed by atoms with Crippen LogP contribution < -0.4 is 15.7 Å². The maximum atomic E-state index is 12.0. The summed E-state index contributed by atoms with van der Waals surface area (Å²) in [6.45, 7) is 9.76. The highest BCUT2D eigenvalue weighted by molar-refractivity contribution is 5.94. The van der Waals surface area contributed by atoms with Crippen LogP contribution in [0.25, 0.3) is 0 Å². The van der Waals surface area contributed by atoms with Crippen LogP contribution in [-0.2, 0) is 9.59 Å². The Bertz CT molecular complexity index is 529. The smallest absolute Gasteiger partial charge is 0.230 e. The van der Waals surface area contributed by atoms with E-state index < -0.39 is 12.0 Å². The van der Waals surface area contributed by atoms with E-state index in [1.54, 1.807) is 6.08 Å². The lowest BCUT2D eigenvalue weighted by Gasteiger charge is -2.17. The van der Waals surface area contributed by atoms with Crippen molar-refractivity contribution in [2.45, 2.75) is 33.2 Å². The van der Waals surface area contributed by atoms with Crippen molar-refractivity contribution in [3.8, 4) is 0 Å². The first-order valence-corrected chi connectivity index (χ1v) is 6.88. The molecule has 0 unspecified atom stereocenters. The summed E-state index contributed by atoms with van der Waals surface area (Å²) in [5.74, 6) is -1.58. The average Bonchev–Trinajstić information content (AvgIpc) is 2.38. The van der Waals surface area contributed by atoms with Gasteiger partial charge in [0.25, 0.3) is 0 Å². The predicted molar refractivity (Wildman–Crippen MR) is 79.7 cm³/mol. The number of hydrogen-bond donors (Lipinski definition) is 2. The van der Waals surface area contributed by atoms with Crippen molar-refractivity contribution < 1.29 is 20.0 Å². The molecule has 1 atom stereocenters. The van der Waals surface area contributed by atoms with E-state index in [2.05, 4.69) is 11.9 Å². The van der Waals surface area contributed by atoms with Gasteiger partial charge in [-0.25, -0.2) is 0 Å². The highest BCUT2D eigenvalue weighted by Gasteiger charge is 2.18. The molecular weight excluding hydrogens is 268 g/mol. The molecule has 5 heteroatoms. The van der Waals surface area contributed by atoms with Crippen LogP contribution >= 0.6 is 0 Å². The van der Waals surface area contributed by atoms with E-state index in [1.807, 2.05) is 32.9 Å². The van der Waals surface area contributed by atoms with Crippen LogP contribution in [0.1, 0.15) is 23.1 Å². The van der Waals surface area contributed by atoms with Crippen LogP contribution in [0.2, 0.25) is 0 Å². The number of carboxylic acid groups (broad SMARTS) is 1. The van der Waals surface area contributed by atoms with Gasteiger partial charge in [0.2, 0.25) is 5.91 Å². The lowest BCUT2D eigenvalue weighted by molar-refractivity contribution is -0.674. The van der Waals surface area contributed by atoms with Gasteiger partial charge in [-0.2, -0.15) is 0 Å². The van der Waals surface area contributed by atoms with Gasteiger partial charge >= 0.3 is 0 Å². The molecule has 0 aliphatic rings. The van der Waals surface area contributed by atoms with Crippen LogP contribution in [0.4, 0.5) is 5.69 Å². The molecule has 0 aromatic heterocycles. The second-order valence-electron chi connectivity index (χ2n) is 5.21. The summed E-state index contributed by atoms with van der Waals surface area (Å²) < 4.78 is 0. The zero-order chi connectivity index (χ0) is 16.0. The van der Waals surface area contributed by atoms with E-state index >= 15 is 0 Å². The van der Waals surface area contributed by atoms with Crippen LogP contribution in [0.15, 0.2) is 24.8 Å². The van der Waals surface area contributed by atoms with E-state index in [-0.39, 0.29) is 12.3 Å². The normalized spacial score (nSPS) is 11.8. The first kappa shape index (κ1) is 16.9. The van der Waals surface area contributed by atoms with Crippen LogP contribution in [0, 0.1) is 20.8 Å². The van der Waals surface area contributed by atoms with Gasteiger partial charge < -0.3 is 20.5 Å². The van der Waals surface area contributed by atoms with Gasteiger partial charge in [-0.1, -0.05) is 24.3 Å². The van der Waals surface area contributed by atoms with Gasteiger partial charge in [0.05, 0.1) is 18.9 Å². The number of carbonyl (C=O) groups is 2. The molecule has 0 aliphatic heterocycles. The quantitative estimate of drug-likeness (QED) is 0.682. The monoisotopic (exact) mass is 290 g/mol. The summed E-state index contributed by atoms with van der Waals surface area (Å²) in [4.78, 5) is 23.0. The summed E-state index contributed by atoms with van der Waals surface area (Å²) in [7, 11) is 0. The fourth-order valence-corrected chi connectivity index (χ4v) is 2.29. The van der Waals surface area contributed by atoms with Crippen LogP contribution in [-0.4, -0.2) is 24.5 Å². The van der Waals surface area contributed by atoms with E-state index in [0.29, 0.717) is 6.54 Å². The van der Waals surface area contributed by atoms with Crippen molar-refractivity contribution in [3.05, 3.63) is 41.5 Å². The lowest BCUT2D eigenvalue weighted by Crippen LogP contribution is -2.93. The van der Waals surface area contributed by atoms with Crippen LogP contribution in [0.5, 0.6) is 0 Å². The fourth-order valence-electron chi connectivity index (χ4n) is 2.29. The molecule has 1 rings (SSSR count). The molecule has 0 aliphatic carbocycles. The van der Waals surface area contributed by atoms with E-state index in [9.17, 15) is 14.7 Å². The lowest BCUT2D eigenvalue weighted by atomic mass is 10.0. The number of nitrogens with two attached hydrogens (primary N) is 1. The maximum Gasteiger partial charge on any atom is 0.230 e. The minimum absolute atomic E-state index is 0.136. The highest BCUT2D eigenvalue weighted by atomic mass is 16.4. The number of benzene rings is 1. The van der Waals surface area contributed by atoms with Crippen molar-refractivity contribution in [2.24, 2.45) is 0 Å². The molecule has 5 nitrogen and oxygen atoms in total. The standard InChI is InChI=1S/C16H22N2O3/c1-5-6-17-13(16(20)21)9-14(19)18-15-11(3)7-10(2)8-12(15)4/h5,7-8,13,17H,1,6,9H2,2-4H3,(H,18,19)(H,20,21)/t13-/m1/s1. The Morgan fingerprint density at radius 3 is 2.38 bits per heavy atom. The number of carboxylic acids is 1. The van der Waals surface area contributed by atoms with E-state index in [1.165, 1.54) is 5.32 Å². The van der Waals surface area contributed by atoms with Crippen molar-refractivity contribution in [1.29, 1.82) is 0 Å². The number of quaternary nitrogens is 1. The average molecular weight is 290 g/mol. The Labute approximate surface area is 125 Å². The number of hydrogen-bond acceptors (Lipinski definition) is 3. The molecule has 21 heavy (non-hydrogen) atoms. The largest absolute Gasteiger partial charge is 0.544 e. The molecule has 1 amide bonds. The van der Waals surface area contributed by atoms with E-state index in [4.69, 9.17) is 0 Å². The molecule has 1 aromatic rings. The second-order valence-corrected chi connectivity index (χ2v) is 5.21. The number of aliphatic carboxylic acids is 1. The Morgan fingerprint density at radius 2 is 1.90 bits per heavy atom. The molecule has 0 fully saturated rings. The number of rotatable bonds is 7.